The molecule has 0 spiro atoms. The van der Waals surface area contributed by atoms with Crippen molar-refractivity contribution in [2.75, 3.05) is 19.8 Å². The first-order valence-corrected chi connectivity index (χ1v) is 9.68. The van der Waals surface area contributed by atoms with E-state index in [1.165, 1.54) is 10.9 Å². The second kappa shape index (κ2) is 9.20. The van der Waals surface area contributed by atoms with E-state index in [1.807, 2.05) is 37.3 Å². The number of rotatable bonds is 8. The van der Waals surface area contributed by atoms with Crippen molar-refractivity contribution in [2.45, 2.75) is 26.8 Å². The van der Waals surface area contributed by atoms with Gasteiger partial charge in [0.05, 0.1) is 0 Å². The summed E-state index contributed by atoms with van der Waals surface area (Å²) >= 11 is 0. The predicted molar refractivity (Wildman–Crippen MR) is 113 cm³/mol. The molecule has 2 aromatic carbocycles. The van der Waals surface area contributed by atoms with Gasteiger partial charge < -0.3 is 14.6 Å². The number of nitrogens with one attached hydrogen (secondary N) is 1. The van der Waals surface area contributed by atoms with Crippen LogP contribution in [0.5, 0.6) is 0 Å². The molecule has 0 saturated carbocycles. The van der Waals surface area contributed by atoms with Crippen LogP contribution in [0.25, 0.3) is 27.9 Å². The number of nitrogens with zero attached hydrogens (tertiary/aromatic N) is 2. The van der Waals surface area contributed by atoms with Crippen LogP contribution in [-0.2, 0) is 16.1 Å². The Balaban J connectivity index is 1.87. The van der Waals surface area contributed by atoms with Gasteiger partial charge in [0.15, 0.2) is 0 Å². The molecule has 28 heavy (non-hydrogen) atoms. The summed E-state index contributed by atoms with van der Waals surface area (Å²) in [7, 11) is 0. The lowest BCUT2D eigenvalue weighted by Gasteiger charge is -2.05. The van der Waals surface area contributed by atoms with E-state index in [-0.39, 0.29) is 11.5 Å². The van der Waals surface area contributed by atoms with Crippen molar-refractivity contribution in [1.29, 1.82) is 5.26 Å². The highest BCUT2D eigenvalue weighted by molar-refractivity contribution is 6.09. The predicted octanol–water partition coefficient (Wildman–Crippen LogP) is 4.26. The second-order valence-corrected chi connectivity index (χ2v) is 6.51. The summed E-state index contributed by atoms with van der Waals surface area (Å²) in [6.45, 7) is 6.69. The maximum absolute atomic E-state index is 12.3. The zero-order valence-electron chi connectivity index (χ0n) is 16.4. The van der Waals surface area contributed by atoms with Crippen LogP contribution in [0.3, 0.4) is 0 Å². The Labute approximate surface area is 165 Å². The van der Waals surface area contributed by atoms with Crippen molar-refractivity contribution in [3.8, 4) is 6.07 Å². The van der Waals surface area contributed by atoms with Gasteiger partial charge in [0.1, 0.15) is 11.6 Å². The molecule has 1 aromatic heterocycles. The Bertz CT molecular complexity index is 1060. The van der Waals surface area contributed by atoms with Gasteiger partial charge in [0.25, 0.3) is 5.91 Å². The molecule has 144 valence electrons. The molecule has 3 rings (SSSR count). The molecular formula is C23H25N3O2. The summed E-state index contributed by atoms with van der Waals surface area (Å²) in [5.41, 5.74) is 3.29. The molecule has 5 heteroatoms. The van der Waals surface area contributed by atoms with Gasteiger partial charge in [-0.3, -0.25) is 4.79 Å². The monoisotopic (exact) mass is 375 g/mol. The minimum atomic E-state index is -0.352. The van der Waals surface area contributed by atoms with E-state index >= 15 is 0 Å². The standard InChI is InChI=1S/C23H25N3O2/c1-3-26-21-9-6-5-8-19(21)20-15-17(10-11-22(20)26)14-18(16-24)23(27)25-12-7-13-28-4-2/h5-6,8-11,14-15H,3-4,7,12-13H2,1-2H3,(H,25,27)/b18-14+. The van der Waals surface area contributed by atoms with Gasteiger partial charge in [-0.15, -0.1) is 0 Å². The molecular weight excluding hydrogens is 350 g/mol. The Morgan fingerprint density at radius 2 is 1.96 bits per heavy atom. The van der Waals surface area contributed by atoms with Crippen LogP contribution in [-0.4, -0.2) is 30.2 Å². The molecule has 0 saturated heterocycles. The zero-order valence-corrected chi connectivity index (χ0v) is 16.4. The van der Waals surface area contributed by atoms with Crippen molar-refractivity contribution >= 4 is 33.8 Å². The van der Waals surface area contributed by atoms with Crippen molar-refractivity contribution in [2.24, 2.45) is 0 Å². The van der Waals surface area contributed by atoms with Crippen LogP contribution >= 0.6 is 0 Å². The van der Waals surface area contributed by atoms with Crippen molar-refractivity contribution in [3.63, 3.8) is 0 Å². The third-order valence-corrected chi connectivity index (χ3v) is 4.74. The third-order valence-electron chi connectivity index (χ3n) is 4.74. The lowest BCUT2D eigenvalue weighted by Crippen LogP contribution is -2.26. The second-order valence-electron chi connectivity index (χ2n) is 6.51. The summed E-state index contributed by atoms with van der Waals surface area (Å²) in [5, 5.41) is 14.5. The topological polar surface area (TPSA) is 67.0 Å². The van der Waals surface area contributed by atoms with Crippen molar-refractivity contribution in [1.82, 2.24) is 9.88 Å². The van der Waals surface area contributed by atoms with Gasteiger partial charge in [0, 0.05) is 48.1 Å². The van der Waals surface area contributed by atoms with Gasteiger partial charge >= 0.3 is 0 Å². The normalized spacial score (nSPS) is 11.7. The van der Waals surface area contributed by atoms with Crippen LogP contribution in [0, 0.1) is 11.3 Å². The maximum Gasteiger partial charge on any atom is 0.261 e. The van der Waals surface area contributed by atoms with E-state index in [9.17, 15) is 10.1 Å². The lowest BCUT2D eigenvalue weighted by atomic mass is 10.1. The average Bonchev–Trinajstić information content (AvgIpc) is 3.04. The van der Waals surface area contributed by atoms with Gasteiger partial charge in [-0.05, 0) is 50.1 Å². The van der Waals surface area contributed by atoms with E-state index in [0.29, 0.717) is 19.8 Å². The number of hydrogen-bond acceptors (Lipinski definition) is 3. The highest BCUT2D eigenvalue weighted by Gasteiger charge is 2.11. The third kappa shape index (κ3) is 4.08. The molecule has 0 atom stereocenters. The zero-order chi connectivity index (χ0) is 19.9. The fraction of sp³-hybridized carbons (Fsp3) is 0.304. The summed E-state index contributed by atoms with van der Waals surface area (Å²) in [5.74, 6) is -0.352. The molecule has 0 radical (unpaired) electrons. The molecule has 0 unspecified atom stereocenters. The molecule has 1 N–H and O–H groups in total. The highest BCUT2D eigenvalue weighted by Crippen LogP contribution is 2.30. The molecule has 0 bridgehead atoms. The maximum atomic E-state index is 12.3. The number of benzene rings is 2. The van der Waals surface area contributed by atoms with Crippen molar-refractivity contribution < 1.29 is 9.53 Å². The molecule has 5 nitrogen and oxygen atoms in total. The van der Waals surface area contributed by atoms with Gasteiger partial charge in [-0.25, -0.2) is 0 Å². The summed E-state index contributed by atoms with van der Waals surface area (Å²) < 4.78 is 7.52. The highest BCUT2D eigenvalue weighted by atomic mass is 16.5. The van der Waals surface area contributed by atoms with E-state index in [1.54, 1.807) is 6.08 Å². The SMILES string of the molecule is CCOCCCNC(=O)/C(C#N)=C/c1ccc2c(c1)c1ccccc1n2CC. The summed E-state index contributed by atoms with van der Waals surface area (Å²) in [4.78, 5) is 12.3. The first-order chi connectivity index (χ1) is 13.7. The Morgan fingerprint density at radius 1 is 1.18 bits per heavy atom. The quantitative estimate of drug-likeness (QED) is 0.363. The molecule has 3 aromatic rings. The molecule has 0 aliphatic heterocycles. The smallest absolute Gasteiger partial charge is 0.261 e. The molecule has 0 aliphatic carbocycles. The molecule has 0 fully saturated rings. The van der Waals surface area contributed by atoms with Crippen LogP contribution in [0.2, 0.25) is 0 Å². The number of para-hydroxylation sites is 1. The van der Waals surface area contributed by atoms with E-state index in [0.717, 1.165) is 29.4 Å². The number of fused-ring (bicyclic) bond motifs is 3. The molecule has 1 heterocycles. The van der Waals surface area contributed by atoms with Crippen LogP contribution in [0.4, 0.5) is 0 Å². The number of amides is 1. The first-order valence-electron chi connectivity index (χ1n) is 9.68. The minimum Gasteiger partial charge on any atom is -0.382 e. The van der Waals surface area contributed by atoms with Gasteiger partial charge in [0.2, 0.25) is 0 Å². The van der Waals surface area contributed by atoms with E-state index in [2.05, 4.69) is 35.0 Å². The van der Waals surface area contributed by atoms with Crippen LogP contribution in [0.15, 0.2) is 48.0 Å². The van der Waals surface area contributed by atoms with E-state index in [4.69, 9.17) is 4.74 Å². The fourth-order valence-electron chi connectivity index (χ4n) is 3.43. The number of aromatic nitrogens is 1. The Hall–Kier alpha value is -3.10. The molecule has 1 amide bonds. The number of hydrogen-bond donors (Lipinski definition) is 1. The Kier molecular flexibility index (Phi) is 6.46. The lowest BCUT2D eigenvalue weighted by molar-refractivity contribution is -0.117. The summed E-state index contributed by atoms with van der Waals surface area (Å²) in [6, 6.07) is 16.4. The van der Waals surface area contributed by atoms with E-state index < -0.39 is 0 Å². The number of carbonyl (C=O) groups is 1. The van der Waals surface area contributed by atoms with Crippen molar-refractivity contribution in [3.05, 3.63) is 53.6 Å². The minimum absolute atomic E-state index is 0.106. The number of nitriles is 1. The Morgan fingerprint density at radius 3 is 2.71 bits per heavy atom. The fourth-order valence-corrected chi connectivity index (χ4v) is 3.43. The average molecular weight is 375 g/mol. The van der Waals surface area contributed by atoms with Crippen LogP contribution in [0.1, 0.15) is 25.8 Å². The molecule has 0 aliphatic rings. The first kappa shape index (κ1) is 19.7. The summed E-state index contributed by atoms with van der Waals surface area (Å²) in [6.07, 6.45) is 2.37. The van der Waals surface area contributed by atoms with Crippen LogP contribution < -0.4 is 5.32 Å². The van der Waals surface area contributed by atoms with Gasteiger partial charge in [-0.2, -0.15) is 5.26 Å². The number of aryl methyl sites for hydroxylation is 1. The number of carbonyl (C=O) groups excluding carboxylic acids is 1. The largest absolute Gasteiger partial charge is 0.382 e. The number of ether oxygens (including phenoxy) is 1. The van der Waals surface area contributed by atoms with Gasteiger partial charge in [-0.1, -0.05) is 24.3 Å².